The molecule has 8 nitrogen and oxygen atoms in total. The predicted molar refractivity (Wildman–Crippen MR) is 161 cm³/mol. The van der Waals surface area contributed by atoms with E-state index in [9.17, 15) is 4.79 Å². The third-order valence-corrected chi connectivity index (χ3v) is 10.2. The number of tetrazole rings is 1. The van der Waals surface area contributed by atoms with Crippen molar-refractivity contribution in [2.24, 2.45) is 22.7 Å². The highest BCUT2D eigenvalue weighted by Gasteiger charge is 2.56. The van der Waals surface area contributed by atoms with Crippen LogP contribution in [-0.4, -0.2) is 35.5 Å². The lowest BCUT2D eigenvalue weighted by atomic mass is 9.77. The van der Waals surface area contributed by atoms with E-state index in [0.29, 0.717) is 45.6 Å². The molecule has 9 rings (SSSR count). The normalized spacial score (nSPS) is 25.4. The third-order valence-electron chi connectivity index (χ3n) is 9.98. The molecule has 0 bridgehead atoms. The van der Waals surface area contributed by atoms with Gasteiger partial charge in [0.15, 0.2) is 0 Å². The summed E-state index contributed by atoms with van der Waals surface area (Å²) in [5, 5.41) is 12.0. The van der Waals surface area contributed by atoms with Crippen molar-refractivity contribution in [1.29, 1.82) is 0 Å². The van der Waals surface area contributed by atoms with Crippen LogP contribution in [0.4, 0.5) is 4.39 Å². The van der Waals surface area contributed by atoms with Gasteiger partial charge in [0, 0.05) is 40.3 Å². The van der Waals surface area contributed by atoms with Crippen molar-refractivity contribution in [3.8, 4) is 16.9 Å². The fourth-order valence-corrected chi connectivity index (χ4v) is 7.80. The lowest BCUT2D eigenvalue weighted by Gasteiger charge is -2.27. The zero-order valence-electron chi connectivity index (χ0n) is 23.2. The molecule has 5 aliphatic rings. The number of aromatic nitrogens is 6. The van der Waals surface area contributed by atoms with E-state index in [1.54, 1.807) is 22.8 Å². The molecule has 0 amide bonds. The average Bonchev–Trinajstić information content (AvgIpc) is 3.86. The fourth-order valence-electron chi connectivity index (χ4n) is 7.63. The Morgan fingerprint density at radius 1 is 1.02 bits per heavy atom. The van der Waals surface area contributed by atoms with E-state index in [-0.39, 0.29) is 23.4 Å². The van der Waals surface area contributed by atoms with Crippen LogP contribution in [0.15, 0.2) is 76.7 Å². The Hall–Kier alpha value is -4.24. The van der Waals surface area contributed by atoms with Crippen molar-refractivity contribution in [3.05, 3.63) is 105 Å². The van der Waals surface area contributed by atoms with Crippen molar-refractivity contribution >= 4 is 22.9 Å². The minimum absolute atomic E-state index is 0.138. The summed E-state index contributed by atoms with van der Waals surface area (Å²) in [6.07, 6.45) is 7.25. The molecular weight excluding hydrogens is 565 g/mol. The highest BCUT2D eigenvalue weighted by atomic mass is 35.5. The van der Waals surface area contributed by atoms with Crippen LogP contribution in [0.5, 0.6) is 0 Å². The molecule has 214 valence electrons. The number of nitrogens with zero attached hydrogens (tertiary/aromatic N) is 7. The summed E-state index contributed by atoms with van der Waals surface area (Å²) in [7, 11) is 0. The smallest absolute Gasteiger partial charge is 0.254 e. The first-order valence-corrected chi connectivity index (χ1v) is 15.2. The number of fused-ring (bicyclic) bond motifs is 4. The molecule has 3 aliphatic carbocycles. The second-order valence-electron chi connectivity index (χ2n) is 12.6. The molecule has 4 unspecified atom stereocenters. The standard InChI is InChI=1S/C33H27ClFN7O/c1-16-8-18-4-5-19(9-20(18)10-22(16)17-2-3-17)23-13-28(37-32(23)35)31-24-12-25(24)33-38-27(14-30(43)42(31)33)26-11-21(34)6-7-29(26)41-15-36-39-40-41/h4-7,9,11,14-15,17,22,24-25,31H,1-3,8,10,12-13H2. The molecule has 2 fully saturated rings. The molecule has 0 saturated heterocycles. The number of rotatable bonds is 5. The molecule has 4 aromatic rings. The average molecular weight is 592 g/mol. The number of halogens is 2. The molecule has 0 radical (unpaired) electrons. The molecule has 0 N–H and O–H groups in total. The van der Waals surface area contributed by atoms with Crippen LogP contribution in [0, 0.1) is 17.8 Å². The summed E-state index contributed by atoms with van der Waals surface area (Å²) in [5.74, 6) is 1.90. The molecular formula is C33H27ClFN7O. The topological polar surface area (TPSA) is 90.8 Å². The highest BCUT2D eigenvalue weighted by molar-refractivity contribution is 6.31. The number of aliphatic imine (C=N–C) groups is 1. The van der Waals surface area contributed by atoms with Crippen LogP contribution in [0.3, 0.4) is 0 Å². The number of hydrogen-bond acceptors (Lipinski definition) is 6. The van der Waals surface area contributed by atoms with E-state index < -0.39 is 5.95 Å². The monoisotopic (exact) mass is 591 g/mol. The van der Waals surface area contributed by atoms with E-state index in [4.69, 9.17) is 16.6 Å². The van der Waals surface area contributed by atoms with Crippen LogP contribution in [0.25, 0.3) is 22.5 Å². The van der Waals surface area contributed by atoms with Gasteiger partial charge in [-0.1, -0.05) is 42.0 Å². The Morgan fingerprint density at radius 3 is 2.72 bits per heavy atom. The molecule has 0 spiro atoms. The molecule has 4 atom stereocenters. The van der Waals surface area contributed by atoms with Gasteiger partial charge in [-0.05, 0) is 95.2 Å². The van der Waals surface area contributed by atoms with Gasteiger partial charge < -0.3 is 0 Å². The molecule has 2 aliphatic heterocycles. The quantitative estimate of drug-likeness (QED) is 0.208. The molecule has 43 heavy (non-hydrogen) atoms. The molecule has 4 heterocycles. The van der Waals surface area contributed by atoms with Gasteiger partial charge in [0.25, 0.3) is 5.56 Å². The largest absolute Gasteiger partial charge is 0.287 e. The van der Waals surface area contributed by atoms with Gasteiger partial charge >= 0.3 is 0 Å². The highest BCUT2D eigenvalue weighted by Crippen LogP contribution is 2.60. The maximum Gasteiger partial charge on any atom is 0.254 e. The Morgan fingerprint density at radius 2 is 1.91 bits per heavy atom. The van der Waals surface area contributed by atoms with Crippen LogP contribution < -0.4 is 5.56 Å². The number of allylic oxidation sites excluding steroid dienone is 2. The van der Waals surface area contributed by atoms with E-state index in [0.717, 1.165) is 36.6 Å². The van der Waals surface area contributed by atoms with E-state index in [2.05, 4.69) is 39.2 Å². The van der Waals surface area contributed by atoms with Crippen LogP contribution >= 0.6 is 11.6 Å². The maximum absolute atomic E-state index is 15.5. The Labute approximate surface area is 251 Å². The third kappa shape index (κ3) is 4.01. The summed E-state index contributed by atoms with van der Waals surface area (Å²) in [5.41, 5.74) is 7.80. The first-order chi connectivity index (χ1) is 20.9. The van der Waals surface area contributed by atoms with Crippen LogP contribution in [0.2, 0.25) is 5.02 Å². The minimum Gasteiger partial charge on any atom is -0.287 e. The van der Waals surface area contributed by atoms with Crippen LogP contribution in [0.1, 0.15) is 60.2 Å². The Kier molecular flexibility index (Phi) is 5.37. The zero-order valence-corrected chi connectivity index (χ0v) is 24.0. The summed E-state index contributed by atoms with van der Waals surface area (Å²) < 4.78 is 18.8. The van der Waals surface area contributed by atoms with Gasteiger partial charge in [0.2, 0.25) is 5.95 Å². The van der Waals surface area contributed by atoms with Crippen molar-refractivity contribution in [1.82, 2.24) is 29.8 Å². The van der Waals surface area contributed by atoms with Gasteiger partial charge in [-0.15, -0.1) is 5.10 Å². The van der Waals surface area contributed by atoms with Crippen molar-refractivity contribution in [2.75, 3.05) is 0 Å². The molecule has 10 heteroatoms. The molecule has 2 saturated carbocycles. The fraction of sp³-hybridized carbons (Fsp3) is 0.333. The van der Waals surface area contributed by atoms with E-state index >= 15 is 4.39 Å². The second-order valence-corrected chi connectivity index (χ2v) is 13.0. The number of benzene rings is 2. The lowest BCUT2D eigenvalue weighted by molar-refractivity contribution is 0.507. The predicted octanol–water partition coefficient (Wildman–Crippen LogP) is 6.06. The zero-order chi connectivity index (χ0) is 29.0. The van der Waals surface area contributed by atoms with E-state index in [1.807, 2.05) is 6.07 Å². The SMILES string of the molecule is C=C1Cc2ccc(C3=C(F)N=C(C4C5CC5c5nc(-c6cc(Cl)ccc6-n6cnnn6)cc(=O)n54)C3)cc2CC1C1CC1. The van der Waals surface area contributed by atoms with Gasteiger partial charge in [0.05, 0.1) is 17.4 Å². The van der Waals surface area contributed by atoms with Crippen molar-refractivity contribution in [3.63, 3.8) is 0 Å². The first-order valence-electron chi connectivity index (χ1n) is 14.9. The summed E-state index contributed by atoms with van der Waals surface area (Å²) >= 11 is 6.35. The Bertz CT molecular complexity index is 1990. The van der Waals surface area contributed by atoms with Gasteiger partial charge in [-0.25, -0.2) is 9.98 Å². The molecule has 2 aromatic carbocycles. The van der Waals surface area contributed by atoms with Crippen molar-refractivity contribution in [2.45, 2.75) is 50.5 Å². The van der Waals surface area contributed by atoms with E-state index in [1.165, 1.54) is 46.6 Å². The maximum atomic E-state index is 15.5. The van der Waals surface area contributed by atoms with Crippen molar-refractivity contribution < 1.29 is 4.39 Å². The summed E-state index contributed by atoms with van der Waals surface area (Å²) in [6.45, 7) is 4.37. The van der Waals surface area contributed by atoms with Gasteiger partial charge in [-0.2, -0.15) is 9.07 Å². The first kappa shape index (κ1) is 25.3. The second kappa shape index (κ2) is 9.13. The summed E-state index contributed by atoms with van der Waals surface area (Å²) in [6, 6.07) is 12.9. The lowest BCUT2D eigenvalue weighted by Crippen LogP contribution is -2.30. The number of hydrogen-bond donors (Lipinski definition) is 0. The van der Waals surface area contributed by atoms with Gasteiger partial charge in [0.1, 0.15) is 12.2 Å². The Balaban J connectivity index is 1.03. The van der Waals surface area contributed by atoms with Gasteiger partial charge in [-0.3, -0.25) is 9.36 Å². The van der Waals surface area contributed by atoms with Crippen LogP contribution in [-0.2, 0) is 12.8 Å². The minimum atomic E-state index is -0.442. The summed E-state index contributed by atoms with van der Waals surface area (Å²) in [4.78, 5) is 23.1. The molecule has 2 aromatic heterocycles.